The Balaban J connectivity index is 1.63. The van der Waals surface area contributed by atoms with Crippen LogP contribution in [0.25, 0.3) is 5.78 Å². The molecule has 0 saturated heterocycles. The van der Waals surface area contributed by atoms with Gasteiger partial charge in [0.2, 0.25) is 5.91 Å². The molecule has 0 spiro atoms. The van der Waals surface area contributed by atoms with Crippen molar-refractivity contribution in [3.05, 3.63) is 17.5 Å². The molecule has 1 aliphatic rings. The molecule has 3 rings (SSSR count). The predicted molar refractivity (Wildman–Crippen MR) is 90.5 cm³/mol. The van der Waals surface area contributed by atoms with Gasteiger partial charge in [-0.2, -0.15) is 0 Å². The Hall–Kier alpha value is -1.63. The fourth-order valence-electron chi connectivity index (χ4n) is 3.20. The minimum absolute atomic E-state index is 0.0724. The van der Waals surface area contributed by atoms with E-state index in [0.29, 0.717) is 23.5 Å². The van der Waals surface area contributed by atoms with Crippen LogP contribution >= 0.6 is 11.8 Å². The largest absolute Gasteiger partial charge is 0.352 e. The van der Waals surface area contributed by atoms with Crippen molar-refractivity contribution in [3.63, 3.8) is 0 Å². The number of fused-ring (bicyclic) bond motifs is 1. The molecule has 2 aromatic rings. The molecule has 7 heteroatoms. The van der Waals surface area contributed by atoms with Gasteiger partial charge in [-0.05, 0) is 38.7 Å². The summed E-state index contributed by atoms with van der Waals surface area (Å²) in [7, 11) is 0. The van der Waals surface area contributed by atoms with Crippen molar-refractivity contribution in [2.75, 3.05) is 5.75 Å². The second-order valence-corrected chi connectivity index (χ2v) is 7.32. The van der Waals surface area contributed by atoms with Crippen LogP contribution in [0.5, 0.6) is 0 Å². The predicted octanol–water partition coefficient (Wildman–Crippen LogP) is 2.53. The van der Waals surface area contributed by atoms with Crippen molar-refractivity contribution in [2.45, 2.75) is 57.7 Å². The average molecular weight is 333 g/mol. The number of amides is 1. The Labute approximate surface area is 140 Å². The third-order valence-corrected chi connectivity index (χ3v) is 5.38. The van der Waals surface area contributed by atoms with Gasteiger partial charge in [0.15, 0.2) is 5.16 Å². The van der Waals surface area contributed by atoms with E-state index in [1.807, 2.05) is 24.3 Å². The first-order valence-electron chi connectivity index (χ1n) is 8.16. The second-order valence-electron chi connectivity index (χ2n) is 6.38. The summed E-state index contributed by atoms with van der Waals surface area (Å²) in [5.74, 6) is 1.59. The Morgan fingerprint density at radius 3 is 2.91 bits per heavy atom. The quantitative estimate of drug-likeness (QED) is 0.871. The van der Waals surface area contributed by atoms with Crippen molar-refractivity contribution in [3.8, 4) is 0 Å². The molecule has 23 heavy (non-hydrogen) atoms. The lowest BCUT2D eigenvalue weighted by Crippen LogP contribution is -2.41. The number of aromatic nitrogens is 4. The lowest BCUT2D eigenvalue weighted by molar-refractivity contribution is -0.119. The summed E-state index contributed by atoms with van der Waals surface area (Å²) < 4.78 is 1.90. The Bertz CT molecular complexity index is 714. The number of nitrogens with one attached hydrogen (secondary N) is 1. The highest BCUT2D eigenvalue weighted by molar-refractivity contribution is 7.99. The monoisotopic (exact) mass is 333 g/mol. The third-order valence-electron chi connectivity index (χ3n) is 4.45. The maximum atomic E-state index is 12.2. The van der Waals surface area contributed by atoms with Gasteiger partial charge in [0.1, 0.15) is 0 Å². The molecule has 1 saturated carbocycles. The first kappa shape index (κ1) is 16.2. The van der Waals surface area contributed by atoms with Crippen LogP contribution in [0.1, 0.15) is 44.0 Å². The van der Waals surface area contributed by atoms with Crippen molar-refractivity contribution >= 4 is 23.4 Å². The number of aryl methyl sites for hydroxylation is 2. The molecular weight excluding hydrogens is 310 g/mol. The minimum atomic E-state index is 0.0724. The van der Waals surface area contributed by atoms with Gasteiger partial charge in [0.05, 0.1) is 5.75 Å². The smallest absolute Gasteiger partial charge is 0.256 e. The zero-order valence-corrected chi connectivity index (χ0v) is 14.7. The van der Waals surface area contributed by atoms with E-state index in [4.69, 9.17) is 0 Å². The standard InChI is InChI=1S/C16H23N5OS/c1-10-6-4-5-7-13(10)18-14(22)9-23-16-20-19-15-17-11(2)8-12(3)21(15)16/h8,10,13H,4-7,9H2,1-3H3,(H,18,22)/t10-,13-/m0/s1. The first-order chi connectivity index (χ1) is 11.0. The van der Waals surface area contributed by atoms with Crippen LogP contribution in [0.4, 0.5) is 0 Å². The highest BCUT2D eigenvalue weighted by atomic mass is 32.2. The van der Waals surface area contributed by atoms with Crippen molar-refractivity contribution in [2.24, 2.45) is 5.92 Å². The van der Waals surface area contributed by atoms with E-state index in [2.05, 4.69) is 27.4 Å². The van der Waals surface area contributed by atoms with Gasteiger partial charge >= 0.3 is 0 Å². The molecule has 2 aromatic heterocycles. The molecular formula is C16H23N5OS. The van der Waals surface area contributed by atoms with E-state index in [1.165, 1.54) is 31.0 Å². The minimum Gasteiger partial charge on any atom is -0.352 e. The van der Waals surface area contributed by atoms with Crippen LogP contribution in [0, 0.1) is 19.8 Å². The van der Waals surface area contributed by atoms with Crippen molar-refractivity contribution < 1.29 is 4.79 Å². The number of thioether (sulfide) groups is 1. The molecule has 2 atom stereocenters. The lowest BCUT2D eigenvalue weighted by Gasteiger charge is -2.29. The second kappa shape index (κ2) is 6.86. The SMILES string of the molecule is Cc1cc(C)n2c(SCC(=O)N[C@H]3CCCC[C@@H]3C)nnc2n1. The zero-order valence-electron chi connectivity index (χ0n) is 13.9. The summed E-state index contributed by atoms with van der Waals surface area (Å²) in [5, 5.41) is 12.1. The van der Waals surface area contributed by atoms with Crippen molar-refractivity contribution in [1.29, 1.82) is 0 Å². The molecule has 0 unspecified atom stereocenters. The van der Waals surface area contributed by atoms with Gasteiger partial charge in [-0.15, -0.1) is 10.2 Å². The van der Waals surface area contributed by atoms with Crippen LogP contribution in [0.2, 0.25) is 0 Å². The fourth-order valence-corrected chi connectivity index (χ4v) is 4.00. The molecule has 1 aliphatic carbocycles. The molecule has 1 N–H and O–H groups in total. The molecule has 124 valence electrons. The van der Waals surface area contributed by atoms with Crippen LogP contribution in [-0.2, 0) is 4.79 Å². The van der Waals surface area contributed by atoms with E-state index in [9.17, 15) is 4.79 Å². The van der Waals surface area contributed by atoms with E-state index >= 15 is 0 Å². The van der Waals surface area contributed by atoms with Crippen LogP contribution in [0.3, 0.4) is 0 Å². The summed E-state index contributed by atoms with van der Waals surface area (Å²) in [5.41, 5.74) is 1.95. The van der Waals surface area contributed by atoms with Crippen molar-refractivity contribution in [1.82, 2.24) is 24.9 Å². The molecule has 0 aromatic carbocycles. The van der Waals surface area contributed by atoms with Gasteiger partial charge in [-0.1, -0.05) is 31.5 Å². The number of carbonyl (C=O) groups is 1. The van der Waals surface area contributed by atoms with Gasteiger partial charge in [0, 0.05) is 17.4 Å². The summed E-state index contributed by atoms with van der Waals surface area (Å²) in [6.45, 7) is 6.16. The number of hydrogen-bond acceptors (Lipinski definition) is 5. The first-order valence-corrected chi connectivity index (χ1v) is 9.14. The van der Waals surface area contributed by atoms with Gasteiger partial charge < -0.3 is 5.32 Å². The van der Waals surface area contributed by atoms with Gasteiger partial charge in [0.25, 0.3) is 5.78 Å². The van der Waals surface area contributed by atoms with Crippen LogP contribution < -0.4 is 5.32 Å². The number of carbonyl (C=O) groups excluding carboxylic acids is 1. The topological polar surface area (TPSA) is 72.2 Å². The van der Waals surface area contributed by atoms with Gasteiger partial charge in [-0.25, -0.2) is 4.98 Å². The highest BCUT2D eigenvalue weighted by Gasteiger charge is 2.23. The van der Waals surface area contributed by atoms with Gasteiger partial charge in [-0.3, -0.25) is 9.20 Å². The van der Waals surface area contributed by atoms with E-state index in [0.717, 1.165) is 23.0 Å². The molecule has 0 radical (unpaired) electrons. The summed E-state index contributed by atoms with van der Waals surface area (Å²) in [6.07, 6.45) is 4.78. The lowest BCUT2D eigenvalue weighted by atomic mass is 9.86. The molecule has 1 fully saturated rings. The molecule has 2 heterocycles. The van der Waals surface area contributed by atoms with E-state index in [-0.39, 0.29) is 5.91 Å². The fraction of sp³-hybridized carbons (Fsp3) is 0.625. The number of nitrogens with zero attached hydrogens (tertiary/aromatic N) is 4. The Morgan fingerprint density at radius 2 is 2.13 bits per heavy atom. The molecule has 0 bridgehead atoms. The summed E-state index contributed by atoms with van der Waals surface area (Å²) in [6, 6.07) is 2.31. The van der Waals surface area contributed by atoms with Crippen LogP contribution in [-0.4, -0.2) is 37.3 Å². The van der Waals surface area contributed by atoms with E-state index < -0.39 is 0 Å². The summed E-state index contributed by atoms with van der Waals surface area (Å²) in [4.78, 5) is 16.6. The van der Waals surface area contributed by atoms with Crippen LogP contribution in [0.15, 0.2) is 11.2 Å². The Morgan fingerprint density at radius 1 is 1.35 bits per heavy atom. The Kier molecular flexibility index (Phi) is 4.84. The average Bonchev–Trinajstić information content (AvgIpc) is 2.90. The molecule has 1 amide bonds. The number of hydrogen-bond donors (Lipinski definition) is 1. The zero-order chi connectivity index (χ0) is 16.4. The normalized spacial score (nSPS) is 21.5. The summed E-state index contributed by atoms with van der Waals surface area (Å²) >= 11 is 1.41. The van der Waals surface area contributed by atoms with E-state index in [1.54, 1.807) is 0 Å². The molecule has 0 aliphatic heterocycles. The third kappa shape index (κ3) is 3.65. The maximum Gasteiger partial charge on any atom is 0.256 e. The number of rotatable bonds is 4. The maximum absolute atomic E-state index is 12.2. The molecule has 6 nitrogen and oxygen atoms in total. The highest BCUT2D eigenvalue weighted by Crippen LogP contribution is 2.24.